The standard InChI is InChI=1S/C15H21N3O2/c1-10-4-5-12(11(2)8-10)13(16)9-18-7-6-17(3)14(19)15(18)20/h4-5,8,13H,6-7,9,16H2,1-3H3. The van der Waals surface area contributed by atoms with E-state index in [-0.39, 0.29) is 6.04 Å². The highest BCUT2D eigenvalue weighted by atomic mass is 16.2. The van der Waals surface area contributed by atoms with Crippen LogP contribution in [0.4, 0.5) is 0 Å². The molecule has 2 N–H and O–H groups in total. The molecule has 2 amide bonds. The molecule has 0 spiro atoms. The Hall–Kier alpha value is -1.88. The van der Waals surface area contributed by atoms with E-state index in [1.165, 1.54) is 10.5 Å². The van der Waals surface area contributed by atoms with Crippen LogP contribution in [-0.2, 0) is 9.59 Å². The molecule has 1 unspecified atom stereocenters. The van der Waals surface area contributed by atoms with Crippen LogP contribution in [0.1, 0.15) is 22.7 Å². The molecule has 0 aliphatic carbocycles. The highest BCUT2D eigenvalue weighted by Crippen LogP contribution is 2.19. The molecule has 1 aromatic carbocycles. The van der Waals surface area contributed by atoms with Gasteiger partial charge in [-0.15, -0.1) is 0 Å². The number of likely N-dealkylation sites (N-methyl/N-ethyl adjacent to an activating group) is 1. The zero-order valence-corrected chi connectivity index (χ0v) is 12.2. The van der Waals surface area contributed by atoms with Crippen molar-refractivity contribution >= 4 is 11.8 Å². The van der Waals surface area contributed by atoms with Gasteiger partial charge in [-0.1, -0.05) is 23.8 Å². The number of aryl methyl sites for hydroxylation is 2. The van der Waals surface area contributed by atoms with E-state index in [1.807, 2.05) is 26.0 Å². The molecule has 20 heavy (non-hydrogen) atoms. The first-order valence-electron chi connectivity index (χ1n) is 6.77. The van der Waals surface area contributed by atoms with Gasteiger partial charge in [0.2, 0.25) is 0 Å². The van der Waals surface area contributed by atoms with Gasteiger partial charge in [0.15, 0.2) is 0 Å². The number of nitrogens with two attached hydrogens (primary N) is 1. The lowest BCUT2D eigenvalue weighted by atomic mass is 9.99. The monoisotopic (exact) mass is 275 g/mol. The molecule has 108 valence electrons. The average molecular weight is 275 g/mol. The molecule has 1 aliphatic rings. The molecule has 1 fully saturated rings. The number of piperazine rings is 1. The fourth-order valence-corrected chi connectivity index (χ4v) is 2.52. The van der Waals surface area contributed by atoms with Crippen LogP contribution in [0.25, 0.3) is 0 Å². The molecular formula is C15H21N3O2. The Bertz CT molecular complexity index is 542. The Kier molecular flexibility index (Phi) is 4.09. The topological polar surface area (TPSA) is 66.6 Å². The van der Waals surface area contributed by atoms with Crippen molar-refractivity contribution in [1.29, 1.82) is 0 Å². The van der Waals surface area contributed by atoms with Crippen LogP contribution in [0.5, 0.6) is 0 Å². The predicted molar refractivity (Wildman–Crippen MR) is 77.1 cm³/mol. The molecule has 1 aromatic rings. The smallest absolute Gasteiger partial charge is 0.312 e. The van der Waals surface area contributed by atoms with Crippen molar-refractivity contribution in [3.8, 4) is 0 Å². The highest BCUT2D eigenvalue weighted by molar-refractivity contribution is 6.35. The van der Waals surface area contributed by atoms with Gasteiger partial charge in [-0.25, -0.2) is 0 Å². The molecule has 0 aromatic heterocycles. The maximum Gasteiger partial charge on any atom is 0.312 e. The van der Waals surface area contributed by atoms with E-state index in [4.69, 9.17) is 5.73 Å². The summed E-state index contributed by atoms with van der Waals surface area (Å²) in [4.78, 5) is 26.6. The third kappa shape index (κ3) is 2.82. The third-order valence-electron chi connectivity index (χ3n) is 3.76. The molecule has 5 nitrogen and oxygen atoms in total. The number of carbonyl (C=O) groups excluding carboxylic acids is 2. The normalized spacial score (nSPS) is 17.6. The lowest BCUT2D eigenvalue weighted by Gasteiger charge is -2.33. The minimum Gasteiger partial charge on any atom is -0.336 e. The van der Waals surface area contributed by atoms with E-state index in [0.717, 1.165) is 11.1 Å². The SMILES string of the molecule is Cc1ccc(C(N)CN2CCN(C)C(=O)C2=O)c(C)c1. The van der Waals surface area contributed by atoms with Crippen molar-refractivity contribution in [2.24, 2.45) is 5.73 Å². The van der Waals surface area contributed by atoms with Crippen LogP contribution in [0.15, 0.2) is 18.2 Å². The first-order chi connectivity index (χ1) is 9.40. The summed E-state index contributed by atoms with van der Waals surface area (Å²) in [6, 6.07) is 5.82. The second kappa shape index (κ2) is 5.63. The van der Waals surface area contributed by atoms with Crippen molar-refractivity contribution in [3.05, 3.63) is 34.9 Å². The summed E-state index contributed by atoms with van der Waals surface area (Å²) in [6.45, 7) is 5.52. The van der Waals surface area contributed by atoms with Gasteiger partial charge in [0.05, 0.1) is 0 Å². The number of benzene rings is 1. The molecule has 0 bridgehead atoms. The summed E-state index contributed by atoms with van der Waals surface area (Å²) in [5.41, 5.74) is 9.52. The predicted octanol–water partition coefficient (Wildman–Crippen LogP) is 0.604. The Morgan fingerprint density at radius 3 is 2.55 bits per heavy atom. The van der Waals surface area contributed by atoms with Crippen LogP contribution in [-0.4, -0.2) is 48.3 Å². The molecule has 5 heteroatoms. The Morgan fingerprint density at radius 1 is 1.20 bits per heavy atom. The first-order valence-corrected chi connectivity index (χ1v) is 6.77. The van der Waals surface area contributed by atoms with Gasteiger partial charge < -0.3 is 15.5 Å². The van der Waals surface area contributed by atoms with Crippen LogP contribution < -0.4 is 5.73 Å². The number of hydrogen-bond acceptors (Lipinski definition) is 3. The van der Waals surface area contributed by atoms with E-state index >= 15 is 0 Å². The molecule has 0 saturated carbocycles. The number of carbonyl (C=O) groups is 2. The molecule has 2 rings (SSSR count). The van der Waals surface area contributed by atoms with E-state index in [2.05, 4.69) is 6.07 Å². The van der Waals surface area contributed by atoms with Crippen molar-refractivity contribution < 1.29 is 9.59 Å². The lowest BCUT2D eigenvalue weighted by Crippen LogP contribution is -2.54. The summed E-state index contributed by atoms with van der Waals surface area (Å²) >= 11 is 0. The van der Waals surface area contributed by atoms with Crippen LogP contribution in [0, 0.1) is 13.8 Å². The summed E-state index contributed by atoms with van der Waals surface area (Å²) in [6.07, 6.45) is 0. The van der Waals surface area contributed by atoms with Gasteiger partial charge in [0, 0.05) is 32.7 Å². The van der Waals surface area contributed by atoms with Gasteiger partial charge in [-0.3, -0.25) is 9.59 Å². The number of rotatable bonds is 3. The van der Waals surface area contributed by atoms with E-state index in [1.54, 1.807) is 11.9 Å². The summed E-state index contributed by atoms with van der Waals surface area (Å²) in [5, 5.41) is 0. The van der Waals surface area contributed by atoms with E-state index in [0.29, 0.717) is 19.6 Å². The summed E-state index contributed by atoms with van der Waals surface area (Å²) in [5.74, 6) is -0.914. The molecular weight excluding hydrogens is 254 g/mol. The Morgan fingerprint density at radius 2 is 1.90 bits per heavy atom. The molecule has 1 heterocycles. The molecule has 1 aliphatic heterocycles. The maximum absolute atomic E-state index is 11.9. The number of hydrogen-bond donors (Lipinski definition) is 1. The number of amides is 2. The van der Waals surface area contributed by atoms with Gasteiger partial charge in [-0.2, -0.15) is 0 Å². The van der Waals surface area contributed by atoms with Crippen LogP contribution in [0.3, 0.4) is 0 Å². The summed E-state index contributed by atoms with van der Waals surface area (Å²) in [7, 11) is 1.64. The number of nitrogens with zero attached hydrogens (tertiary/aromatic N) is 2. The van der Waals surface area contributed by atoms with E-state index < -0.39 is 11.8 Å². The second-order valence-electron chi connectivity index (χ2n) is 5.44. The fraction of sp³-hybridized carbons (Fsp3) is 0.467. The van der Waals surface area contributed by atoms with Crippen LogP contribution in [0.2, 0.25) is 0 Å². The average Bonchev–Trinajstić information content (AvgIpc) is 2.39. The van der Waals surface area contributed by atoms with Crippen molar-refractivity contribution in [2.45, 2.75) is 19.9 Å². The van der Waals surface area contributed by atoms with Crippen LogP contribution >= 0.6 is 0 Å². The second-order valence-corrected chi connectivity index (χ2v) is 5.44. The lowest BCUT2D eigenvalue weighted by molar-refractivity contribution is -0.155. The van der Waals surface area contributed by atoms with Crippen molar-refractivity contribution in [3.63, 3.8) is 0 Å². The largest absolute Gasteiger partial charge is 0.336 e. The summed E-state index contributed by atoms with van der Waals surface area (Å²) < 4.78 is 0. The van der Waals surface area contributed by atoms with Gasteiger partial charge in [-0.05, 0) is 25.0 Å². The Labute approximate surface area is 119 Å². The minimum absolute atomic E-state index is 0.268. The molecule has 1 atom stereocenters. The maximum atomic E-state index is 11.9. The zero-order chi connectivity index (χ0) is 14.9. The van der Waals surface area contributed by atoms with Gasteiger partial charge in [0.1, 0.15) is 0 Å². The third-order valence-corrected chi connectivity index (χ3v) is 3.76. The van der Waals surface area contributed by atoms with Crippen molar-refractivity contribution in [2.75, 3.05) is 26.7 Å². The van der Waals surface area contributed by atoms with Gasteiger partial charge >= 0.3 is 11.8 Å². The molecule has 0 radical (unpaired) electrons. The minimum atomic E-state index is -0.459. The zero-order valence-electron chi connectivity index (χ0n) is 12.2. The Balaban J connectivity index is 2.10. The van der Waals surface area contributed by atoms with Crippen molar-refractivity contribution in [1.82, 2.24) is 9.80 Å². The molecule has 1 saturated heterocycles. The highest BCUT2D eigenvalue weighted by Gasteiger charge is 2.31. The first kappa shape index (κ1) is 14.5. The van der Waals surface area contributed by atoms with E-state index in [9.17, 15) is 9.59 Å². The fourth-order valence-electron chi connectivity index (χ4n) is 2.52. The quantitative estimate of drug-likeness (QED) is 0.822. The van der Waals surface area contributed by atoms with Gasteiger partial charge in [0.25, 0.3) is 0 Å².